The molecule has 1 aromatic rings. The number of benzene rings is 1. The first-order valence-electron chi connectivity index (χ1n) is 8.01. The number of carbonyl (C=O) groups is 1. The van der Waals surface area contributed by atoms with Gasteiger partial charge >= 0.3 is 0 Å². The third-order valence-corrected chi connectivity index (χ3v) is 4.54. The Morgan fingerprint density at radius 1 is 1.48 bits per heavy atom. The number of guanidine groups is 1. The summed E-state index contributed by atoms with van der Waals surface area (Å²) in [6.45, 7) is 6.43. The van der Waals surface area contributed by atoms with Gasteiger partial charge in [-0.1, -0.05) is 28.9 Å². The number of piperidine rings is 1. The van der Waals surface area contributed by atoms with Crippen LogP contribution in [-0.2, 0) is 4.79 Å². The van der Waals surface area contributed by atoms with Crippen molar-refractivity contribution >= 4 is 33.5 Å². The lowest BCUT2D eigenvalue weighted by Crippen LogP contribution is -2.48. The molecule has 1 fully saturated rings. The molecule has 0 aliphatic carbocycles. The van der Waals surface area contributed by atoms with Crippen LogP contribution in [0.25, 0.3) is 0 Å². The Bertz CT molecular complexity index is 588. The van der Waals surface area contributed by atoms with Crippen LogP contribution in [-0.4, -0.2) is 43.4 Å². The van der Waals surface area contributed by atoms with Crippen LogP contribution in [0.15, 0.2) is 27.7 Å². The Morgan fingerprint density at radius 3 is 2.96 bits per heavy atom. The molecule has 1 aliphatic heterocycles. The van der Waals surface area contributed by atoms with Crippen LogP contribution < -0.4 is 10.6 Å². The number of carbonyl (C=O) groups excluding carboxylic acids is 1. The molecule has 1 aliphatic rings. The van der Waals surface area contributed by atoms with E-state index in [9.17, 15) is 4.79 Å². The van der Waals surface area contributed by atoms with Gasteiger partial charge in [0.05, 0.1) is 6.54 Å². The van der Waals surface area contributed by atoms with Crippen molar-refractivity contribution in [2.75, 3.05) is 32.0 Å². The van der Waals surface area contributed by atoms with Crippen molar-refractivity contribution in [3.05, 3.63) is 28.2 Å². The highest BCUT2D eigenvalue weighted by Crippen LogP contribution is 2.20. The number of hydrogen-bond acceptors (Lipinski definition) is 2. The molecular weight excluding hydrogens is 356 g/mol. The topological polar surface area (TPSA) is 56.7 Å². The molecule has 0 aromatic heterocycles. The average molecular weight is 381 g/mol. The highest BCUT2D eigenvalue weighted by Gasteiger charge is 2.19. The van der Waals surface area contributed by atoms with E-state index in [1.165, 1.54) is 12.8 Å². The molecule has 1 heterocycles. The van der Waals surface area contributed by atoms with E-state index in [2.05, 4.69) is 43.4 Å². The third-order valence-electron chi connectivity index (χ3n) is 4.05. The molecule has 2 rings (SSSR count). The van der Waals surface area contributed by atoms with Gasteiger partial charge in [0.1, 0.15) is 0 Å². The fourth-order valence-corrected chi connectivity index (χ4v) is 3.16. The first kappa shape index (κ1) is 17.8. The summed E-state index contributed by atoms with van der Waals surface area (Å²) in [5, 5.41) is 6.10. The Morgan fingerprint density at radius 2 is 2.26 bits per heavy atom. The van der Waals surface area contributed by atoms with E-state index in [-0.39, 0.29) is 12.5 Å². The minimum Gasteiger partial charge on any atom is -0.347 e. The lowest BCUT2D eigenvalue weighted by molar-refractivity contribution is -0.115. The zero-order valence-corrected chi connectivity index (χ0v) is 15.6. The van der Waals surface area contributed by atoms with E-state index in [0.29, 0.717) is 5.92 Å². The minimum atomic E-state index is -0.0718. The SMILES string of the molecule is CN=C(NCC(=O)Nc1cc(Br)ccc1C)N1CCCC(C)C1. The molecule has 0 radical (unpaired) electrons. The van der Waals surface area contributed by atoms with Gasteiger partial charge in [0.2, 0.25) is 5.91 Å². The predicted octanol–water partition coefficient (Wildman–Crippen LogP) is 3.00. The molecule has 1 aromatic carbocycles. The largest absolute Gasteiger partial charge is 0.347 e. The molecule has 0 saturated carbocycles. The lowest BCUT2D eigenvalue weighted by Gasteiger charge is -2.33. The number of nitrogens with one attached hydrogen (secondary N) is 2. The van der Waals surface area contributed by atoms with Crippen LogP contribution in [0.4, 0.5) is 5.69 Å². The fourth-order valence-electron chi connectivity index (χ4n) is 2.80. The molecule has 1 amide bonds. The smallest absolute Gasteiger partial charge is 0.243 e. The quantitative estimate of drug-likeness (QED) is 0.625. The molecule has 0 bridgehead atoms. The maximum atomic E-state index is 12.2. The maximum Gasteiger partial charge on any atom is 0.243 e. The minimum absolute atomic E-state index is 0.0718. The average Bonchev–Trinajstić information content (AvgIpc) is 2.51. The van der Waals surface area contributed by atoms with Crippen molar-refractivity contribution in [3.8, 4) is 0 Å². The first-order chi connectivity index (χ1) is 11.0. The zero-order valence-electron chi connectivity index (χ0n) is 14.0. The summed E-state index contributed by atoms with van der Waals surface area (Å²) in [4.78, 5) is 18.7. The molecule has 6 heteroatoms. The van der Waals surface area contributed by atoms with Crippen LogP contribution in [0.3, 0.4) is 0 Å². The summed E-state index contributed by atoms with van der Waals surface area (Å²) in [5.74, 6) is 1.40. The second-order valence-electron chi connectivity index (χ2n) is 6.10. The highest BCUT2D eigenvalue weighted by molar-refractivity contribution is 9.10. The van der Waals surface area contributed by atoms with Gasteiger partial charge in [-0.25, -0.2) is 0 Å². The number of likely N-dealkylation sites (tertiary alicyclic amines) is 1. The number of nitrogens with zero attached hydrogens (tertiary/aromatic N) is 2. The van der Waals surface area contributed by atoms with Gasteiger partial charge in [0.15, 0.2) is 5.96 Å². The summed E-state index contributed by atoms with van der Waals surface area (Å²) >= 11 is 3.42. The van der Waals surface area contributed by atoms with Crippen molar-refractivity contribution in [2.24, 2.45) is 10.9 Å². The monoisotopic (exact) mass is 380 g/mol. The van der Waals surface area contributed by atoms with Crippen molar-refractivity contribution < 1.29 is 4.79 Å². The van der Waals surface area contributed by atoms with E-state index in [0.717, 1.165) is 34.8 Å². The Balaban J connectivity index is 1.88. The predicted molar refractivity (Wildman–Crippen MR) is 98.8 cm³/mol. The van der Waals surface area contributed by atoms with Crippen LogP contribution >= 0.6 is 15.9 Å². The number of aryl methyl sites for hydroxylation is 1. The first-order valence-corrected chi connectivity index (χ1v) is 8.80. The van der Waals surface area contributed by atoms with Crippen LogP contribution in [0.5, 0.6) is 0 Å². The molecular formula is C17H25BrN4O. The van der Waals surface area contributed by atoms with Gasteiger partial charge in [-0.05, 0) is 43.4 Å². The Hall–Kier alpha value is -1.56. The van der Waals surface area contributed by atoms with Crippen molar-refractivity contribution in [1.29, 1.82) is 0 Å². The second kappa shape index (κ2) is 8.34. The molecule has 126 valence electrons. The molecule has 23 heavy (non-hydrogen) atoms. The van der Waals surface area contributed by atoms with Gasteiger partial charge < -0.3 is 15.5 Å². The summed E-state index contributed by atoms with van der Waals surface area (Å²) < 4.78 is 0.949. The van der Waals surface area contributed by atoms with E-state index in [1.807, 2.05) is 25.1 Å². The fraction of sp³-hybridized carbons (Fsp3) is 0.529. The zero-order chi connectivity index (χ0) is 16.8. The highest BCUT2D eigenvalue weighted by atomic mass is 79.9. The number of halogens is 1. The van der Waals surface area contributed by atoms with Crippen LogP contribution in [0, 0.1) is 12.8 Å². The number of aliphatic imine (C=N–C) groups is 1. The Labute approximate surface area is 146 Å². The van der Waals surface area contributed by atoms with Gasteiger partial charge in [-0.15, -0.1) is 0 Å². The summed E-state index contributed by atoms with van der Waals surface area (Å²) in [6.07, 6.45) is 2.43. The molecule has 1 unspecified atom stereocenters. The van der Waals surface area contributed by atoms with Crippen LogP contribution in [0.2, 0.25) is 0 Å². The van der Waals surface area contributed by atoms with Gasteiger partial charge in [0.25, 0.3) is 0 Å². The van der Waals surface area contributed by atoms with E-state index < -0.39 is 0 Å². The molecule has 1 atom stereocenters. The van der Waals surface area contributed by atoms with Crippen molar-refractivity contribution in [1.82, 2.24) is 10.2 Å². The van der Waals surface area contributed by atoms with Gasteiger partial charge in [0, 0.05) is 30.3 Å². The standard InChI is InChI=1S/C17H25BrN4O/c1-12-5-4-8-22(11-12)17(19-3)20-10-16(23)21-15-9-14(18)7-6-13(15)2/h6-7,9,12H,4-5,8,10-11H2,1-3H3,(H,19,20)(H,21,23). The van der Waals surface area contributed by atoms with E-state index >= 15 is 0 Å². The van der Waals surface area contributed by atoms with E-state index in [1.54, 1.807) is 7.05 Å². The molecule has 2 N–H and O–H groups in total. The molecule has 5 nitrogen and oxygen atoms in total. The Kier molecular flexibility index (Phi) is 6.45. The van der Waals surface area contributed by atoms with Gasteiger partial charge in [-0.2, -0.15) is 0 Å². The second-order valence-corrected chi connectivity index (χ2v) is 7.02. The lowest BCUT2D eigenvalue weighted by atomic mass is 10.0. The molecule has 0 spiro atoms. The van der Waals surface area contributed by atoms with Gasteiger partial charge in [-0.3, -0.25) is 9.79 Å². The number of hydrogen-bond donors (Lipinski definition) is 2. The molecule has 1 saturated heterocycles. The summed E-state index contributed by atoms with van der Waals surface area (Å²) in [7, 11) is 1.76. The summed E-state index contributed by atoms with van der Waals surface area (Å²) in [5.41, 5.74) is 1.86. The van der Waals surface area contributed by atoms with Crippen molar-refractivity contribution in [3.63, 3.8) is 0 Å². The van der Waals surface area contributed by atoms with Crippen LogP contribution in [0.1, 0.15) is 25.3 Å². The number of rotatable bonds is 3. The third kappa shape index (κ3) is 5.23. The summed E-state index contributed by atoms with van der Waals surface area (Å²) in [6, 6.07) is 5.85. The van der Waals surface area contributed by atoms with E-state index in [4.69, 9.17) is 0 Å². The normalized spacial score (nSPS) is 18.7. The van der Waals surface area contributed by atoms with Crippen molar-refractivity contribution in [2.45, 2.75) is 26.7 Å². The maximum absolute atomic E-state index is 12.2. The number of amides is 1. The number of anilines is 1.